The van der Waals surface area contributed by atoms with Gasteiger partial charge in [0, 0.05) is 16.6 Å². The minimum atomic E-state index is -1.11. The number of pyridine rings is 1. The Hall–Kier alpha value is -1.52. The van der Waals surface area contributed by atoms with Crippen molar-refractivity contribution in [3.63, 3.8) is 0 Å². The first kappa shape index (κ1) is 13.5. The third-order valence-electron chi connectivity index (χ3n) is 3.57. The van der Waals surface area contributed by atoms with Gasteiger partial charge in [-0.25, -0.2) is 4.79 Å². The van der Waals surface area contributed by atoms with E-state index in [-0.39, 0.29) is 27.8 Å². The van der Waals surface area contributed by atoms with E-state index in [0.29, 0.717) is 15.9 Å². The molecule has 3 rings (SSSR count). The van der Waals surface area contributed by atoms with E-state index in [1.165, 1.54) is 13.0 Å². The Kier molecular flexibility index (Phi) is 3.03. The monoisotopic (exact) mass is 311 g/mol. The maximum atomic E-state index is 12.4. The van der Waals surface area contributed by atoms with E-state index in [9.17, 15) is 14.7 Å². The summed E-state index contributed by atoms with van der Waals surface area (Å²) in [5.41, 5.74) is 0.387. The number of carbonyl (C=O) groups is 1. The van der Waals surface area contributed by atoms with Gasteiger partial charge in [0.05, 0.1) is 15.9 Å². The Morgan fingerprint density at radius 2 is 2.00 bits per heavy atom. The summed E-state index contributed by atoms with van der Waals surface area (Å²) >= 11 is 12.1. The van der Waals surface area contributed by atoms with Crippen molar-refractivity contribution in [1.29, 1.82) is 0 Å². The van der Waals surface area contributed by atoms with Crippen molar-refractivity contribution in [2.75, 3.05) is 0 Å². The Labute approximate surface area is 124 Å². The highest BCUT2D eigenvalue weighted by atomic mass is 35.5. The number of rotatable bonds is 2. The van der Waals surface area contributed by atoms with Crippen molar-refractivity contribution < 1.29 is 9.90 Å². The highest BCUT2D eigenvalue weighted by molar-refractivity contribution is 6.38. The Morgan fingerprint density at radius 3 is 2.55 bits per heavy atom. The molecule has 1 fully saturated rings. The van der Waals surface area contributed by atoms with Crippen LogP contribution in [0.5, 0.6) is 0 Å². The van der Waals surface area contributed by atoms with Crippen LogP contribution in [0, 0.1) is 6.92 Å². The summed E-state index contributed by atoms with van der Waals surface area (Å²) in [6.07, 6.45) is 1.78. The first-order chi connectivity index (χ1) is 9.41. The topological polar surface area (TPSA) is 59.3 Å². The molecule has 0 unspecified atom stereocenters. The Balaban J connectivity index is 2.58. The molecule has 1 N–H and O–H groups in total. The summed E-state index contributed by atoms with van der Waals surface area (Å²) in [6, 6.07) is 3.20. The van der Waals surface area contributed by atoms with E-state index in [1.807, 2.05) is 0 Å². The van der Waals surface area contributed by atoms with Crippen molar-refractivity contribution in [2.45, 2.75) is 25.8 Å². The van der Waals surface area contributed by atoms with Gasteiger partial charge < -0.3 is 9.67 Å². The number of nitrogens with zero attached hydrogens (tertiary/aromatic N) is 1. The number of aromatic nitrogens is 1. The van der Waals surface area contributed by atoms with Gasteiger partial charge in [-0.1, -0.05) is 23.2 Å². The van der Waals surface area contributed by atoms with E-state index in [0.717, 1.165) is 12.8 Å². The second kappa shape index (κ2) is 4.50. The van der Waals surface area contributed by atoms with Crippen LogP contribution in [0.1, 0.15) is 34.9 Å². The lowest BCUT2D eigenvalue weighted by Crippen LogP contribution is -2.22. The van der Waals surface area contributed by atoms with Crippen LogP contribution in [0.3, 0.4) is 0 Å². The van der Waals surface area contributed by atoms with E-state index in [4.69, 9.17) is 23.2 Å². The molecule has 0 atom stereocenters. The number of aromatic carboxylic acids is 1. The van der Waals surface area contributed by atoms with Crippen molar-refractivity contribution in [2.24, 2.45) is 0 Å². The van der Waals surface area contributed by atoms with Crippen molar-refractivity contribution in [3.8, 4) is 0 Å². The zero-order valence-corrected chi connectivity index (χ0v) is 12.1. The lowest BCUT2D eigenvalue weighted by atomic mass is 10.1. The molecule has 0 amide bonds. The van der Waals surface area contributed by atoms with Crippen LogP contribution in [0.2, 0.25) is 10.0 Å². The van der Waals surface area contributed by atoms with Gasteiger partial charge in [-0.2, -0.15) is 0 Å². The van der Waals surface area contributed by atoms with E-state index < -0.39 is 5.97 Å². The molecule has 0 radical (unpaired) electrons. The lowest BCUT2D eigenvalue weighted by molar-refractivity contribution is 0.0683. The molecule has 0 bridgehead atoms. The molecule has 104 valence electrons. The van der Waals surface area contributed by atoms with E-state index >= 15 is 0 Å². The molecule has 6 heteroatoms. The molecule has 1 saturated carbocycles. The van der Waals surface area contributed by atoms with Gasteiger partial charge in [-0.05, 0) is 31.9 Å². The fraction of sp³-hybridized carbons (Fsp3) is 0.286. The normalized spacial score (nSPS) is 14.8. The average molecular weight is 312 g/mol. The van der Waals surface area contributed by atoms with Gasteiger partial charge in [-0.15, -0.1) is 0 Å². The summed E-state index contributed by atoms with van der Waals surface area (Å²) in [4.78, 5) is 23.9. The maximum absolute atomic E-state index is 12.4. The Morgan fingerprint density at radius 1 is 1.35 bits per heavy atom. The molecule has 1 aliphatic rings. The molecule has 1 aliphatic carbocycles. The summed E-state index contributed by atoms with van der Waals surface area (Å²) < 4.78 is 1.69. The number of carboxylic acids is 1. The molecular formula is C14H11Cl2NO3. The summed E-state index contributed by atoms with van der Waals surface area (Å²) in [5.74, 6) is -1.11. The highest BCUT2D eigenvalue weighted by Crippen LogP contribution is 2.40. The zero-order chi connectivity index (χ0) is 14.6. The molecule has 0 aliphatic heterocycles. The maximum Gasteiger partial charge on any atom is 0.352 e. The van der Waals surface area contributed by atoms with Crippen LogP contribution in [0.15, 0.2) is 16.9 Å². The number of hydrogen-bond donors (Lipinski definition) is 1. The second-order valence-electron chi connectivity index (χ2n) is 4.99. The van der Waals surface area contributed by atoms with E-state index in [2.05, 4.69) is 0 Å². The predicted molar refractivity (Wildman–Crippen MR) is 78.2 cm³/mol. The molecule has 1 heterocycles. The molecule has 1 aromatic carbocycles. The summed E-state index contributed by atoms with van der Waals surface area (Å²) in [6.45, 7) is 1.52. The van der Waals surface area contributed by atoms with Gasteiger partial charge in [0.15, 0.2) is 5.43 Å². The highest BCUT2D eigenvalue weighted by Gasteiger charge is 2.31. The van der Waals surface area contributed by atoms with E-state index in [1.54, 1.807) is 10.6 Å². The van der Waals surface area contributed by atoms with Crippen molar-refractivity contribution in [3.05, 3.63) is 43.7 Å². The van der Waals surface area contributed by atoms with Crippen LogP contribution in [0.4, 0.5) is 0 Å². The third kappa shape index (κ3) is 1.91. The standard InChI is InChI=1S/C14H11Cl2NO3/c1-6-12(14(19)20)17(8-2-3-8)10-5-7(15)4-9(16)11(10)13(6)18/h4-5,8H,2-3H2,1H3,(H,19,20). The zero-order valence-electron chi connectivity index (χ0n) is 10.6. The summed E-state index contributed by atoms with van der Waals surface area (Å²) in [5, 5.41) is 10.4. The number of benzene rings is 1. The number of halogens is 2. The van der Waals surface area contributed by atoms with Crippen LogP contribution < -0.4 is 5.43 Å². The van der Waals surface area contributed by atoms with Gasteiger partial charge in [0.2, 0.25) is 0 Å². The molecule has 4 nitrogen and oxygen atoms in total. The van der Waals surface area contributed by atoms with Crippen LogP contribution in [0.25, 0.3) is 10.9 Å². The molecule has 20 heavy (non-hydrogen) atoms. The smallest absolute Gasteiger partial charge is 0.352 e. The molecule has 0 spiro atoms. The van der Waals surface area contributed by atoms with Gasteiger partial charge >= 0.3 is 5.97 Å². The van der Waals surface area contributed by atoms with Crippen molar-refractivity contribution >= 4 is 40.1 Å². The minimum Gasteiger partial charge on any atom is -0.477 e. The van der Waals surface area contributed by atoms with Crippen LogP contribution in [-0.2, 0) is 0 Å². The number of carboxylic acid groups (broad SMARTS) is 1. The lowest BCUT2D eigenvalue weighted by Gasteiger charge is -2.17. The third-order valence-corrected chi connectivity index (χ3v) is 4.09. The molecule has 1 aromatic heterocycles. The molecule has 2 aromatic rings. The minimum absolute atomic E-state index is 0.0309. The fourth-order valence-corrected chi connectivity index (χ4v) is 3.11. The summed E-state index contributed by atoms with van der Waals surface area (Å²) in [7, 11) is 0. The molecule has 0 saturated heterocycles. The molecular weight excluding hydrogens is 301 g/mol. The van der Waals surface area contributed by atoms with Gasteiger partial charge in [-0.3, -0.25) is 4.79 Å². The number of fused-ring (bicyclic) bond motifs is 1. The SMILES string of the molecule is Cc1c(C(=O)O)n(C2CC2)c2cc(Cl)cc(Cl)c2c1=O. The quantitative estimate of drug-likeness (QED) is 0.921. The van der Waals surface area contributed by atoms with Crippen molar-refractivity contribution in [1.82, 2.24) is 4.57 Å². The first-order valence-corrected chi connectivity index (χ1v) is 6.94. The number of hydrogen-bond acceptors (Lipinski definition) is 2. The second-order valence-corrected chi connectivity index (χ2v) is 5.83. The van der Waals surface area contributed by atoms with Crippen LogP contribution >= 0.6 is 23.2 Å². The predicted octanol–water partition coefficient (Wildman–Crippen LogP) is 3.65. The average Bonchev–Trinajstić information content (AvgIpc) is 3.15. The van der Waals surface area contributed by atoms with Gasteiger partial charge in [0.25, 0.3) is 0 Å². The first-order valence-electron chi connectivity index (χ1n) is 6.19. The van der Waals surface area contributed by atoms with Gasteiger partial charge in [0.1, 0.15) is 5.69 Å². The largest absolute Gasteiger partial charge is 0.477 e. The Bertz CT molecular complexity index is 806. The van der Waals surface area contributed by atoms with Crippen LogP contribution in [-0.4, -0.2) is 15.6 Å². The fourth-order valence-electron chi connectivity index (χ4n) is 2.55.